The maximum atomic E-state index is 13.2. The first-order valence-corrected chi connectivity index (χ1v) is 12.5. The van der Waals surface area contributed by atoms with Crippen LogP contribution >= 0.6 is 23.1 Å². The molecule has 6 nitrogen and oxygen atoms in total. The number of fused-ring (bicyclic) bond motifs is 2. The van der Waals surface area contributed by atoms with Gasteiger partial charge in [0.15, 0.2) is 11.0 Å². The molecule has 1 amide bonds. The van der Waals surface area contributed by atoms with Crippen LogP contribution in [0.25, 0.3) is 22.3 Å². The van der Waals surface area contributed by atoms with Crippen LogP contribution in [0.4, 0.5) is 0 Å². The molecule has 1 saturated carbocycles. The molecule has 1 N–H and O–H groups in total. The molecule has 1 atom stereocenters. The van der Waals surface area contributed by atoms with Crippen LogP contribution in [0, 0.1) is 0 Å². The molecule has 31 heavy (non-hydrogen) atoms. The quantitative estimate of drug-likeness (QED) is 0.441. The monoisotopic (exact) mass is 449 g/mol. The molecule has 4 heterocycles. The van der Waals surface area contributed by atoms with Gasteiger partial charge in [-0.05, 0) is 49.3 Å². The molecule has 4 aromatic rings. The standard InChI is InChI=1S/C23H23N5OS2/c1-14(22(29)27-10-8-20-15(13-27)9-11-30-20)31-23-26-25-21(28(23)16-6-7-16)18-12-24-19-5-3-2-4-17(18)19/h2-5,9,11-12,14,16,24H,6-8,10,13H2,1H3. The Labute approximate surface area is 188 Å². The molecular formula is C23H23N5OS2. The zero-order valence-electron chi connectivity index (χ0n) is 17.2. The SMILES string of the molecule is CC(Sc1nnc(-c2c[nH]c3ccccc23)n1C1CC1)C(=O)N1CCc2sccc2C1. The van der Waals surface area contributed by atoms with Crippen LogP contribution in [-0.4, -0.2) is 42.4 Å². The van der Waals surface area contributed by atoms with E-state index in [-0.39, 0.29) is 11.2 Å². The Bertz CT molecular complexity index is 1270. The fourth-order valence-electron chi connectivity index (χ4n) is 4.36. The first-order chi connectivity index (χ1) is 15.2. The van der Waals surface area contributed by atoms with Gasteiger partial charge in [0.05, 0.1) is 5.25 Å². The molecule has 0 saturated heterocycles. The van der Waals surface area contributed by atoms with E-state index >= 15 is 0 Å². The fraction of sp³-hybridized carbons (Fsp3) is 0.348. The van der Waals surface area contributed by atoms with E-state index < -0.39 is 0 Å². The van der Waals surface area contributed by atoms with E-state index in [1.807, 2.05) is 30.2 Å². The number of hydrogen-bond donors (Lipinski definition) is 1. The van der Waals surface area contributed by atoms with Crippen molar-refractivity contribution in [3.05, 3.63) is 52.3 Å². The third kappa shape index (κ3) is 3.38. The van der Waals surface area contributed by atoms with Crippen molar-refractivity contribution in [1.82, 2.24) is 24.6 Å². The van der Waals surface area contributed by atoms with Crippen molar-refractivity contribution in [3.8, 4) is 11.4 Å². The lowest BCUT2D eigenvalue weighted by atomic mass is 10.1. The van der Waals surface area contributed by atoms with E-state index in [9.17, 15) is 4.79 Å². The minimum atomic E-state index is -0.197. The maximum absolute atomic E-state index is 13.2. The van der Waals surface area contributed by atoms with Gasteiger partial charge in [-0.3, -0.25) is 9.36 Å². The average molecular weight is 450 g/mol. The lowest BCUT2D eigenvalue weighted by Gasteiger charge is -2.29. The normalized spacial score (nSPS) is 17.1. The van der Waals surface area contributed by atoms with Crippen LogP contribution in [-0.2, 0) is 17.8 Å². The zero-order valence-corrected chi connectivity index (χ0v) is 18.9. The van der Waals surface area contributed by atoms with Crippen molar-refractivity contribution in [2.24, 2.45) is 0 Å². The minimum absolute atomic E-state index is 0.181. The summed E-state index contributed by atoms with van der Waals surface area (Å²) in [5.74, 6) is 1.07. The molecule has 1 fully saturated rings. The number of carbonyl (C=O) groups excluding carboxylic acids is 1. The molecule has 1 aromatic carbocycles. The number of aromatic amines is 1. The molecule has 8 heteroatoms. The molecule has 0 radical (unpaired) electrons. The number of rotatable bonds is 5. The van der Waals surface area contributed by atoms with E-state index in [1.165, 1.54) is 22.2 Å². The third-order valence-corrected chi connectivity index (χ3v) is 8.22. The Kier molecular flexibility index (Phi) is 4.65. The topological polar surface area (TPSA) is 66.8 Å². The summed E-state index contributed by atoms with van der Waals surface area (Å²) in [6.07, 6.45) is 5.24. The Hall–Kier alpha value is -2.58. The number of carbonyl (C=O) groups is 1. The number of aromatic nitrogens is 4. The van der Waals surface area contributed by atoms with Gasteiger partial charge in [-0.25, -0.2) is 0 Å². The molecule has 3 aromatic heterocycles. The number of thiophene rings is 1. The maximum Gasteiger partial charge on any atom is 0.236 e. The first-order valence-electron chi connectivity index (χ1n) is 10.7. The largest absolute Gasteiger partial charge is 0.360 e. The van der Waals surface area contributed by atoms with Crippen LogP contribution in [0.3, 0.4) is 0 Å². The summed E-state index contributed by atoms with van der Waals surface area (Å²) < 4.78 is 2.25. The van der Waals surface area contributed by atoms with Crippen molar-refractivity contribution in [1.29, 1.82) is 0 Å². The average Bonchev–Trinajstić information content (AvgIpc) is 3.20. The van der Waals surface area contributed by atoms with Gasteiger partial charge in [0.1, 0.15) is 0 Å². The van der Waals surface area contributed by atoms with E-state index in [4.69, 9.17) is 0 Å². The van der Waals surface area contributed by atoms with Crippen LogP contribution in [0.15, 0.2) is 47.1 Å². The molecule has 0 spiro atoms. The number of hydrogen-bond acceptors (Lipinski definition) is 5. The number of benzene rings is 1. The fourth-order valence-corrected chi connectivity index (χ4v) is 6.25. The van der Waals surface area contributed by atoms with Gasteiger partial charge in [-0.2, -0.15) is 0 Å². The summed E-state index contributed by atoms with van der Waals surface area (Å²) in [6.45, 7) is 3.51. The molecule has 6 rings (SSSR count). The van der Waals surface area contributed by atoms with E-state index in [2.05, 4.69) is 43.3 Å². The van der Waals surface area contributed by atoms with Crippen LogP contribution in [0.5, 0.6) is 0 Å². The number of nitrogens with zero attached hydrogens (tertiary/aromatic N) is 4. The molecular weight excluding hydrogens is 426 g/mol. The second-order valence-corrected chi connectivity index (χ2v) is 10.6. The van der Waals surface area contributed by atoms with Gasteiger partial charge in [-0.1, -0.05) is 30.0 Å². The summed E-state index contributed by atoms with van der Waals surface area (Å²) in [5.41, 5.74) is 3.46. The van der Waals surface area contributed by atoms with Gasteiger partial charge in [0, 0.05) is 46.7 Å². The number of para-hydroxylation sites is 1. The number of nitrogens with one attached hydrogen (secondary N) is 1. The van der Waals surface area contributed by atoms with Crippen molar-refractivity contribution >= 4 is 39.9 Å². The molecule has 0 bridgehead atoms. The summed E-state index contributed by atoms with van der Waals surface area (Å²) in [4.78, 5) is 19.9. The Morgan fingerprint density at radius 3 is 3.00 bits per heavy atom. The molecule has 158 valence electrons. The van der Waals surface area contributed by atoms with E-state index in [0.29, 0.717) is 6.04 Å². The summed E-state index contributed by atoms with van der Waals surface area (Å²) in [7, 11) is 0. The minimum Gasteiger partial charge on any atom is -0.360 e. The summed E-state index contributed by atoms with van der Waals surface area (Å²) in [5, 5.41) is 13.0. The van der Waals surface area contributed by atoms with Gasteiger partial charge < -0.3 is 9.88 Å². The van der Waals surface area contributed by atoms with E-state index in [1.54, 1.807) is 11.3 Å². The van der Waals surface area contributed by atoms with Crippen molar-refractivity contribution in [2.75, 3.05) is 6.54 Å². The predicted molar refractivity (Wildman–Crippen MR) is 124 cm³/mol. The zero-order chi connectivity index (χ0) is 20.9. The Balaban J connectivity index is 1.27. The van der Waals surface area contributed by atoms with E-state index in [0.717, 1.165) is 59.8 Å². The van der Waals surface area contributed by atoms with Crippen LogP contribution in [0.1, 0.15) is 36.2 Å². The van der Waals surface area contributed by atoms with Gasteiger partial charge >= 0.3 is 0 Å². The lowest BCUT2D eigenvalue weighted by Crippen LogP contribution is -2.39. The first kappa shape index (κ1) is 19.1. The lowest BCUT2D eigenvalue weighted by molar-refractivity contribution is -0.131. The van der Waals surface area contributed by atoms with Gasteiger partial charge in [0.25, 0.3) is 0 Å². The summed E-state index contributed by atoms with van der Waals surface area (Å²) in [6, 6.07) is 10.8. The van der Waals surface area contributed by atoms with Crippen molar-refractivity contribution < 1.29 is 4.79 Å². The van der Waals surface area contributed by atoms with Gasteiger partial charge in [-0.15, -0.1) is 21.5 Å². The highest BCUT2D eigenvalue weighted by Crippen LogP contribution is 2.43. The second-order valence-electron chi connectivity index (χ2n) is 8.29. The highest BCUT2D eigenvalue weighted by atomic mass is 32.2. The van der Waals surface area contributed by atoms with Crippen LogP contribution < -0.4 is 0 Å². The number of thioether (sulfide) groups is 1. The molecule has 1 aliphatic carbocycles. The summed E-state index contributed by atoms with van der Waals surface area (Å²) >= 11 is 3.33. The Morgan fingerprint density at radius 2 is 2.13 bits per heavy atom. The highest BCUT2D eigenvalue weighted by molar-refractivity contribution is 8.00. The van der Waals surface area contributed by atoms with Crippen molar-refractivity contribution in [2.45, 2.75) is 49.2 Å². The second kappa shape index (κ2) is 7.53. The third-order valence-electron chi connectivity index (χ3n) is 6.16. The number of H-pyrrole nitrogens is 1. The highest BCUT2D eigenvalue weighted by Gasteiger charge is 2.33. The molecule has 1 unspecified atom stereocenters. The smallest absolute Gasteiger partial charge is 0.236 e. The Morgan fingerprint density at radius 1 is 1.26 bits per heavy atom. The van der Waals surface area contributed by atoms with Crippen molar-refractivity contribution in [3.63, 3.8) is 0 Å². The molecule has 1 aliphatic heterocycles. The number of amides is 1. The predicted octanol–water partition coefficient (Wildman–Crippen LogP) is 4.89. The molecule has 2 aliphatic rings. The van der Waals surface area contributed by atoms with Crippen LogP contribution in [0.2, 0.25) is 0 Å². The van der Waals surface area contributed by atoms with Gasteiger partial charge in [0.2, 0.25) is 5.91 Å².